The highest BCUT2D eigenvalue weighted by molar-refractivity contribution is 7.88. The molecule has 3 aliphatic heterocycles. The Morgan fingerprint density at radius 3 is 1.50 bits per heavy atom. The van der Waals surface area contributed by atoms with Crippen LogP contribution in [-0.4, -0.2) is 147 Å². The molecule has 14 heteroatoms. The molecule has 0 radical (unpaired) electrons. The molecule has 2 aromatic rings. The van der Waals surface area contributed by atoms with Crippen LogP contribution in [0.15, 0.2) is 36.4 Å². The number of sulfonamides is 1. The summed E-state index contributed by atoms with van der Waals surface area (Å²) in [5.74, 6) is 11.6. The molecular weight excluding hydrogens is 646 g/mol. The Morgan fingerprint density at radius 2 is 1.12 bits per heavy atom. The third kappa shape index (κ3) is 6.18. The molecule has 10 atom stereocenters. The summed E-state index contributed by atoms with van der Waals surface area (Å²) in [5, 5.41) is 80.4. The first kappa shape index (κ1) is 34.9. The van der Waals surface area contributed by atoms with E-state index >= 15 is 0 Å². The second kappa shape index (κ2) is 13.4. The van der Waals surface area contributed by atoms with E-state index in [4.69, 9.17) is 9.47 Å². The molecule has 258 valence electrons. The number of benzene rings is 2. The Balaban J connectivity index is 1.35. The first-order valence-electron chi connectivity index (χ1n) is 15.7. The molecule has 48 heavy (non-hydrogen) atoms. The van der Waals surface area contributed by atoms with Gasteiger partial charge in [0.05, 0.1) is 19.5 Å². The summed E-state index contributed by atoms with van der Waals surface area (Å²) in [6, 6.07) is 11.3. The lowest BCUT2D eigenvalue weighted by Crippen LogP contribution is -2.58. The van der Waals surface area contributed by atoms with E-state index in [0.29, 0.717) is 24.0 Å². The maximum absolute atomic E-state index is 12.4. The lowest BCUT2D eigenvalue weighted by Gasteiger charge is -2.40. The van der Waals surface area contributed by atoms with E-state index in [-0.39, 0.29) is 13.1 Å². The molecule has 8 N–H and O–H groups in total. The minimum atomic E-state index is -3.42. The third-order valence-electron chi connectivity index (χ3n) is 9.91. The number of aliphatic hydroxyl groups excluding tert-OH is 8. The van der Waals surface area contributed by atoms with Crippen molar-refractivity contribution in [2.75, 3.05) is 32.6 Å². The van der Waals surface area contributed by atoms with Crippen LogP contribution in [0.3, 0.4) is 0 Å². The predicted molar refractivity (Wildman–Crippen MR) is 170 cm³/mol. The zero-order chi connectivity index (χ0) is 34.5. The highest BCUT2D eigenvalue weighted by Crippen LogP contribution is 2.54. The Hall–Kier alpha value is -2.93. The van der Waals surface area contributed by atoms with Gasteiger partial charge in [0.25, 0.3) is 0 Å². The third-order valence-corrected chi connectivity index (χ3v) is 11.2. The van der Waals surface area contributed by atoms with E-state index < -0.39 is 89.7 Å². The summed E-state index contributed by atoms with van der Waals surface area (Å²) in [4.78, 5) is 0. The molecule has 10 unspecified atom stereocenters. The summed E-state index contributed by atoms with van der Waals surface area (Å²) in [5.41, 5.74) is 4.29. The van der Waals surface area contributed by atoms with Crippen LogP contribution in [-0.2, 0) is 24.9 Å². The number of hydrogen-bond donors (Lipinski definition) is 8. The van der Waals surface area contributed by atoms with Crippen molar-refractivity contribution in [2.45, 2.75) is 79.3 Å². The predicted octanol–water partition coefficient (Wildman–Crippen LogP) is -2.60. The van der Waals surface area contributed by atoms with Gasteiger partial charge in [-0.05, 0) is 59.4 Å². The highest BCUT2D eigenvalue weighted by atomic mass is 32.2. The standard InChI is InChI=1S/C34H39NO12S/c1-48(44,45)35-12-10-34(11-13-35)22-14-18(4-8-24-28(38)32(42)30(40)26(16-36)46-24)2-6-20(22)21-7-3-19(15-23(21)34)5-9-25-29(39)33(43)31(41)27(17-37)47-25/h2-3,6-7,14-15,24-33,36-43H,10-13,16-17H2,1H3. The van der Waals surface area contributed by atoms with Gasteiger partial charge >= 0.3 is 0 Å². The highest BCUT2D eigenvalue weighted by Gasteiger charge is 2.47. The Bertz CT molecular complexity index is 1660. The van der Waals surface area contributed by atoms with Crippen molar-refractivity contribution >= 4 is 10.0 Å². The first-order valence-corrected chi connectivity index (χ1v) is 17.5. The number of hydrogen-bond acceptors (Lipinski definition) is 12. The fraction of sp³-hybridized carbons (Fsp3) is 0.529. The number of fused-ring (bicyclic) bond motifs is 5. The number of piperidine rings is 1. The molecule has 0 saturated carbocycles. The average molecular weight is 686 g/mol. The minimum absolute atomic E-state index is 0.277. The normalized spacial score (nSPS) is 34.4. The van der Waals surface area contributed by atoms with E-state index in [9.17, 15) is 49.3 Å². The first-order chi connectivity index (χ1) is 22.8. The zero-order valence-corrected chi connectivity index (χ0v) is 26.9. The van der Waals surface area contributed by atoms with E-state index in [1.54, 1.807) is 12.1 Å². The largest absolute Gasteiger partial charge is 0.394 e. The van der Waals surface area contributed by atoms with Gasteiger partial charge in [0, 0.05) is 29.6 Å². The van der Waals surface area contributed by atoms with E-state index in [0.717, 1.165) is 22.3 Å². The van der Waals surface area contributed by atoms with E-state index in [1.807, 2.05) is 24.3 Å². The van der Waals surface area contributed by atoms with Crippen molar-refractivity contribution in [3.05, 3.63) is 58.7 Å². The molecule has 1 aliphatic carbocycles. The van der Waals surface area contributed by atoms with Gasteiger partial charge in [-0.3, -0.25) is 0 Å². The lowest BCUT2D eigenvalue weighted by atomic mass is 9.71. The van der Waals surface area contributed by atoms with Crippen LogP contribution in [0.4, 0.5) is 0 Å². The number of nitrogens with zero attached hydrogens (tertiary/aromatic N) is 1. The smallest absolute Gasteiger partial charge is 0.211 e. The van der Waals surface area contributed by atoms with Crippen molar-refractivity contribution < 1.29 is 58.7 Å². The number of ether oxygens (including phenoxy) is 2. The van der Waals surface area contributed by atoms with Crippen LogP contribution in [0.2, 0.25) is 0 Å². The van der Waals surface area contributed by atoms with E-state index in [1.165, 1.54) is 10.6 Å². The van der Waals surface area contributed by atoms with Gasteiger partial charge < -0.3 is 50.3 Å². The maximum Gasteiger partial charge on any atom is 0.211 e. The molecule has 6 rings (SSSR count). The zero-order valence-electron chi connectivity index (χ0n) is 26.0. The molecular formula is C34H39NO12S. The van der Waals surface area contributed by atoms with Crippen LogP contribution in [0, 0.1) is 23.7 Å². The summed E-state index contributed by atoms with van der Waals surface area (Å²) in [7, 11) is -3.42. The van der Waals surface area contributed by atoms with Gasteiger partial charge in [-0.2, -0.15) is 0 Å². The molecule has 3 heterocycles. The Kier molecular flexibility index (Phi) is 9.76. The van der Waals surface area contributed by atoms with Gasteiger partial charge in [-0.15, -0.1) is 0 Å². The minimum Gasteiger partial charge on any atom is -0.394 e. The summed E-state index contributed by atoms with van der Waals surface area (Å²) < 4.78 is 37.4. The summed E-state index contributed by atoms with van der Waals surface area (Å²) in [6.07, 6.45) is -11.5. The molecule has 0 amide bonds. The van der Waals surface area contributed by atoms with Gasteiger partial charge in [0.1, 0.15) is 61.0 Å². The second-order valence-corrected chi connectivity index (χ2v) is 14.8. The number of aliphatic hydroxyl groups is 8. The topological polar surface area (TPSA) is 218 Å². The van der Waals surface area contributed by atoms with Crippen molar-refractivity contribution in [2.24, 2.45) is 0 Å². The molecule has 0 aromatic heterocycles. The van der Waals surface area contributed by atoms with Gasteiger partial charge in [-0.1, -0.05) is 35.8 Å². The fourth-order valence-electron chi connectivity index (χ4n) is 7.14. The number of rotatable bonds is 3. The molecule has 0 bridgehead atoms. The molecule has 1 spiro atoms. The van der Waals surface area contributed by atoms with Crippen molar-refractivity contribution in [3.8, 4) is 34.8 Å². The second-order valence-electron chi connectivity index (χ2n) is 12.8. The van der Waals surface area contributed by atoms with Crippen molar-refractivity contribution in [1.29, 1.82) is 0 Å². The Morgan fingerprint density at radius 1 is 0.708 bits per heavy atom. The van der Waals surface area contributed by atoms with Crippen LogP contribution < -0.4 is 0 Å². The van der Waals surface area contributed by atoms with E-state index in [2.05, 4.69) is 23.7 Å². The molecule has 3 saturated heterocycles. The maximum atomic E-state index is 12.4. The van der Waals surface area contributed by atoms with Crippen LogP contribution in [0.25, 0.3) is 11.1 Å². The SMILES string of the molecule is CS(=O)(=O)N1CCC2(CC1)c1cc(C#CC3OC(CO)C(O)C(O)C3O)ccc1-c1ccc(C#CC3OC(CO)C(O)C(O)C3O)cc12. The fourth-order valence-corrected chi connectivity index (χ4v) is 7.99. The molecule has 4 aliphatic rings. The lowest BCUT2D eigenvalue weighted by molar-refractivity contribution is -0.214. The molecule has 13 nitrogen and oxygen atoms in total. The summed E-state index contributed by atoms with van der Waals surface area (Å²) >= 11 is 0. The van der Waals surface area contributed by atoms with Crippen LogP contribution in [0.1, 0.15) is 35.1 Å². The molecule has 3 fully saturated rings. The van der Waals surface area contributed by atoms with Crippen LogP contribution in [0.5, 0.6) is 0 Å². The van der Waals surface area contributed by atoms with Gasteiger partial charge in [0.15, 0.2) is 0 Å². The average Bonchev–Trinajstić information content (AvgIpc) is 3.33. The Labute approximate surface area is 278 Å². The van der Waals surface area contributed by atoms with Gasteiger partial charge in [0.2, 0.25) is 10.0 Å². The monoisotopic (exact) mass is 685 g/mol. The van der Waals surface area contributed by atoms with Crippen LogP contribution >= 0.6 is 0 Å². The van der Waals surface area contributed by atoms with Crippen molar-refractivity contribution in [3.63, 3.8) is 0 Å². The van der Waals surface area contributed by atoms with Gasteiger partial charge in [-0.25, -0.2) is 12.7 Å². The molecule has 2 aromatic carbocycles. The summed E-state index contributed by atoms with van der Waals surface area (Å²) in [6.45, 7) is -0.581. The van der Waals surface area contributed by atoms with Crippen molar-refractivity contribution in [1.82, 2.24) is 4.31 Å². The quantitative estimate of drug-likeness (QED) is 0.156.